The molecule has 2 aliphatic heterocycles. The third-order valence-corrected chi connectivity index (χ3v) is 3.84. The summed E-state index contributed by atoms with van der Waals surface area (Å²) in [4.78, 5) is 11.4. The van der Waals surface area contributed by atoms with Gasteiger partial charge in [-0.25, -0.2) is 0 Å². The quantitative estimate of drug-likeness (QED) is 0.337. The molecule has 11 heavy (non-hydrogen) atoms. The number of epoxide rings is 1. The fraction of sp³-hybridized carbons (Fsp3) is 0.857. The van der Waals surface area contributed by atoms with Crippen LogP contribution in [0.1, 0.15) is 6.42 Å². The summed E-state index contributed by atoms with van der Waals surface area (Å²) in [6.45, 7) is 0. The van der Waals surface area contributed by atoms with Crippen LogP contribution in [0.4, 0.5) is 0 Å². The van der Waals surface area contributed by atoms with Gasteiger partial charge >= 0.3 is 5.97 Å². The number of carbonyl (C=O) groups excluding carboxylic acids is 1. The van der Waals surface area contributed by atoms with Gasteiger partial charge in [-0.1, -0.05) is 15.9 Å². The van der Waals surface area contributed by atoms with Crippen LogP contribution in [0.3, 0.4) is 0 Å². The van der Waals surface area contributed by atoms with Gasteiger partial charge < -0.3 is 9.47 Å². The molecule has 0 aromatic rings. The zero-order valence-electron chi connectivity index (χ0n) is 5.70. The summed E-state index contributed by atoms with van der Waals surface area (Å²) in [6, 6.07) is 0. The van der Waals surface area contributed by atoms with Crippen molar-refractivity contribution in [2.24, 2.45) is 5.92 Å². The minimum atomic E-state index is -0.0816. The van der Waals surface area contributed by atoms with E-state index in [1.807, 2.05) is 0 Å². The molecule has 60 valence electrons. The Morgan fingerprint density at radius 2 is 2.27 bits per heavy atom. The summed E-state index contributed by atoms with van der Waals surface area (Å²) in [5.41, 5.74) is 0. The molecule has 3 rings (SSSR count). The van der Waals surface area contributed by atoms with Gasteiger partial charge in [0.25, 0.3) is 0 Å². The van der Waals surface area contributed by atoms with Crippen molar-refractivity contribution < 1.29 is 14.3 Å². The summed E-state index contributed by atoms with van der Waals surface area (Å²) < 4.78 is 10.5. The molecular weight excluding hydrogens is 212 g/mol. The van der Waals surface area contributed by atoms with Gasteiger partial charge in [0.1, 0.15) is 12.0 Å². The fourth-order valence-electron chi connectivity index (χ4n) is 2.04. The predicted octanol–water partition coefficient (Wildman–Crippen LogP) is 0.463. The maximum Gasteiger partial charge on any atom is 0.313 e. The highest BCUT2D eigenvalue weighted by Gasteiger charge is 2.63. The van der Waals surface area contributed by atoms with E-state index in [2.05, 4.69) is 15.9 Å². The zero-order chi connectivity index (χ0) is 7.59. The Bertz CT molecular complexity index is 230. The monoisotopic (exact) mass is 218 g/mol. The van der Waals surface area contributed by atoms with Crippen LogP contribution in [0.2, 0.25) is 0 Å². The first-order chi connectivity index (χ1) is 5.27. The smallest absolute Gasteiger partial charge is 0.313 e. The number of esters is 1. The van der Waals surface area contributed by atoms with E-state index in [1.165, 1.54) is 0 Å². The number of halogens is 1. The maximum atomic E-state index is 11.2. The molecule has 5 atom stereocenters. The lowest BCUT2D eigenvalue weighted by atomic mass is 9.90. The minimum Gasteiger partial charge on any atom is -0.461 e. The van der Waals surface area contributed by atoms with Gasteiger partial charge in [0.05, 0.1) is 17.0 Å². The minimum absolute atomic E-state index is 0.0289. The van der Waals surface area contributed by atoms with E-state index in [0.717, 1.165) is 6.42 Å². The van der Waals surface area contributed by atoms with Gasteiger partial charge in [-0.05, 0) is 0 Å². The van der Waals surface area contributed by atoms with Crippen molar-refractivity contribution in [1.82, 2.24) is 0 Å². The molecule has 0 N–H and O–H groups in total. The second-order valence-electron chi connectivity index (χ2n) is 3.32. The summed E-state index contributed by atoms with van der Waals surface area (Å²) in [5.74, 6) is -0.111. The molecule has 0 radical (unpaired) electrons. The summed E-state index contributed by atoms with van der Waals surface area (Å²) in [5, 5.41) is 0. The van der Waals surface area contributed by atoms with Crippen molar-refractivity contribution in [3.05, 3.63) is 0 Å². The van der Waals surface area contributed by atoms with Gasteiger partial charge in [0.2, 0.25) is 0 Å². The number of fused-ring (bicyclic) bond motifs is 4. The molecule has 2 saturated heterocycles. The number of ether oxygens (including phenoxy) is 2. The molecule has 3 nitrogen and oxygen atoms in total. The van der Waals surface area contributed by atoms with Crippen molar-refractivity contribution >= 4 is 21.9 Å². The number of hydrogen-bond donors (Lipinski definition) is 0. The van der Waals surface area contributed by atoms with E-state index in [0.29, 0.717) is 6.10 Å². The molecule has 0 amide bonds. The molecule has 2 bridgehead atoms. The Hall–Kier alpha value is -0.0900. The zero-order valence-corrected chi connectivity index (χ0v) is 7.28. The van der Waals surface area contributed by atoms with Crippen molar-refractivity contribution in [2.45, 2.75) is 29.6 Å². The van der Waals surface area contributed by atoms with Crippen LogP contribution < -0.4 is 0 Å². The highest BCUT2D eigenvalue weighted by atomic mass is 79.9. The molecule has 0 spiro atoms. The molecule has 1 aliphatic carbocycles. The number of carbonyl (C=O) groups is 1. The average Bonchev–Trinajstić information content (AvgIpc) is 2.61. The number of alkyl halides is 1. The lowest BCUT2D eigenvalue weighted by molar-refractivity contribution is -0.144. The van der Waals surface area contributed by atoms with Crippen molar-refractivity contribution in [2.75, 3.05) is 0 Å². The normalized spacial score (nSPS) is 58.6. The van der Waals surface area contributed by atoms with Crippen LogP contribution in [-0.2, 0) is 14.3 Å². The van der Waals surface area contributed by atoms with E-state index >= 15 is 0 Å². The van der Waals surface area contributed by atoms with E-state index < -0.39 is 0 Å². The Labute approximate surface area is 72.2 Å². The topological polar surface area (TPSA) is 38.8 Å². The predicted molar refractivity (Wildman–Crippen MR) is 39.4 cm³/mol. The van der Waals surface area contributed by atoms with Crippen molar-refractivity contribution in [1.29, 1.82) is 0 Å². The second-order valence-corrected chi connectivity index (χ2v) is 4.38. The lowest BCUT2D eigenvalue weighted by Crippen LogP contribution is -2.31. The second kappa shape index (κ2) is 1.80. The molecule has 4 heteroatoms. The van der Waals surface area contributed by atoms with Crippen LogP contribution >= 0.6 is 15.9 Å². The summed E-state index contributed by atoms with van der Waals surface area (Å²) >= 11 is 3.46. The molecule has 0 aromatic heterocycles. The molecule has 2 heterocycles. The molecule has 0 aromatic carbocycles. The fourth-order valence-corrected chi connectivity index (χ4v) is 2.88. The van der Waals surface area contributed by atoms with E-state index in [1.54, 1.807) is 0 Å². The lowest BCUT2D eigenvalue weighted by Gasteiger charge is -2.16. The van der Waals surface area contributed by atoms with Crippen LogP contribution in [0, 0.1) is 5.92 Å². The first-order valence-corrected chi connectivity index (χ1v) is 4.69. The van der Waals surface area contributed by atoms with E-state index in [9.17, 15) is 4.79 Å². The van der Waals surface area contributed by atoms with Crippen molar-refractivity contribution in [3.8, 4) is 0 Å². The Morgan fingerprint density at radius 3 is 3.09 bits per heavy atom. The molecule has 3 aliphatic rings. The first kappa shape index (κ1) is 6.43. The maximum absolute atomic E-state index is 11.2. The SMILES string of the molecule is O=C1O[C@H]2C[C@H]3O[C@H]3[C@@H]1[C@H]2Br. The number of hydrogen-bond acceptors (Lipinski definition) is 3. The molecule has 1 saturated carbocycles. The summed E-state index contributed by atoms with van der Waals surface area (Å²) in [6.07, 6.45) is 1.41. The third-order valence-electron chi connectivity index (χ3n) is 2.68. The average molecular weight is 219 g/mol. The van der Waals surface area contributed by atoms with Gasteiger partial charge in [0.15, 0.2) is 0 Å². The van der Waals surface area contributed by atoms with Gasteiger partial charge in [-0.15, -0.1) is 0 Å². The van der Waals surface area contributed by atoms with Gasteiger partial charge in [-0.2, -0.15) is 0 Å². The third kappa shape index (κ3) is 0.693. The Balaban J connectivity index is 1.99. The Kier molecular flexibility index (Phi) is 1.05. The van der Waals surface area contributed by atoms with Crippen LogP contribution in [0.5, 0.6) is 0 Å². The molecular formula is C7H7BrO3. The van der Waals surface area contributed by atoms with E-state index in [-0.39, 0.29) is 28.9 Å². The molecule has 3 fully saturated rings. The van der Waals surface area contributed by atoms with Crippen LogP contribution in [-0.4, -0.2) is 29.1 Å². The van der Waals surface area contributed by atoms with Crippen molar-refractivity contribution in [3.63, 3.8) is 0 Å². The standard InChI is InChI=1S/C7H7BrO3/c8-5-2-1-3-6(10-3)4(5)7(9)11-2/h2-6H,1H2/t2-,3+,4-,5-,6+/m0/s1. The summed E-state index contributed by atoms with van der Waals surface area (Å²) in [7, 11) is 0. The van der Waals surface area contributed by atoms with Gasteiger partial charge in [-0.3, -0.25) is 4.79 Å². The number of rotatable bonds is 0. The highest BCUT2D eigenvalue weighted by molar-refractivity contribution is 9.09. The Morgan fingerprint density at radius 1 is 1.45 bits per heavy atom. The van der Waals surface area contributed by atoms with Gasteiger partial charge in [0, 0.05) is 6.42 Å². The van der Waals surface area contributed by atoms with Crippen LogP contribution in [0.15, 0.2) is 0 Å². The van der Waals surface area contributed by atoms with Crippen LogP contribution in [0.25, 0.3) is 0 Å². The first-order valence-electron chi connectivity index (χ1n) is 3.77. The largest absolute Gasteiger partial charge is 0.461 e. The molecule has 0 unspecified atom stereocenters. The highest BCUT2D eigenvalue weighted by Crippen LogP contribution is 2.49. The van der Waals surface area contributed by atoms with E-state index in [4.69, 9.17) is 9.47 Å².